The van der Waals surface area contributed by atoms with Gasteiger partial charge in [-0.1, -0.05) is 0 Å². The quantitative estimate of drug-likeness (QED) is 0.509. The van der Waals surface area contributed by atoms with Crippen molar-refractivity contribution in [2.45, 2.75) is 0 Å². The third-order valence-electron chi connectivity index (χ3n) is 3.49. The number of carbonyl (C=O) groups excluding carboxylic acids is 2. The molecule has 0 saturated heterocycles. The molecule has 124 valence electrons. The molecule has 24 heavy (non-hydrogen) atoms. The van der Waals surface area contributed by atoms with E-state index in [0.29, 0.717) is 28.5 Å². The highest BCUT2D eigenvalue weighted by Gasteiger charge is 2.18. The van der Waals surface area contributed by atoms with E-state index >= 15 is 0 Å². The van der Waals surface area contributed by atoms with E-state index in [1.807, 2.05) is 0 Å². The van der Waals surface area contributed by atoms with E-state index in [1.54, 1.807) is 24.3 Å². The second kappa shape index (κ2) is 6.49. The summed E-state index contributed by atoms with van der Waals surface area (Å²) < 4.78 is 20.4. The summed E-state index contributed by atoms with van der Waals surface area (Å²) >= 11 is 0. The molecule has 7 heteroatoms. The summed E-state index contributed by atoms with van der Waals surface area (Å²) in [6.45, 7) is -0.259. The van der Waals surface area contributed by atoms with E-state index in [2.05, 4.69) is 0 Å². The fraction of sp³-hybridized carbons (Fsp3) is 0.176. The minimum Gasteiger partial charge on any atom is -0.495 e. The van der Waals surface area contributed by atoms with Crippen LogP contribution in [0.3, 0.4) is 0 Å². The summed E-state index contributed by atoms with van der Waals surface area (Å²) in [5.41, 5.74) is 6.68. The second-order valence-electron chi connectivity index (χ2n) is 5.02. The highest BCUT2D eigenvalue weighted by molar-refractivity contribution is 6.00. The van der Waals surface area contributed by atoms with Gasteiger partial charge in [0.2, 0.25) is 6.79 Å². The van der Waals surface area contributed by atoms with Crippen LogP contribution in [-0.4, -0.2) is 32.3 Å². The number of hydrogen-bond acceptors (Lipinski definition) is 7. The summed E-state index contributed by atoms with van der Waals surface area (Å²) in [5.74, 6) is 0.553. The number of hydrogen-bond donors (Lipinski definition) is 1. The van der Waals surface area contributed by atoms with Crippen molar-refractivity contribution in [1.29, 1.82) is 0 Å². The molecule has 0 unspecified atom stereocenters. The molecule has 0 aliphatic carbocycles. The number of carbonyl (C=O) groups is 2. The number of fused-ring (bicyclic) bond motifs is 1. The van der Waals surface area contributed by atoms with Gasteiger partial charge < -0.3 is 24.7 Å². The number of nitrogens with two attached hydrogens (primary N) is 1. The Morgan fingerprint density at radius 1 is 1.08 bits per heavy atom. The first-order chi connectivity index (χ1) is 11.6. The second-order valence-corrected chi connectivity index (χ2v) is 5.02. The predicted octanol–water partition coefficient (Wildman–Crippen LogP) is 2.05. The SMILES string of the molecule is COc1ccc(C(=O)OCC(=O)c2ccc3c(c2)OCO3)cc1N. The zero-order chi connectivity index (χ0) is 17.1. The number of rotatable bonds is 5. The fourth-order valence-electron chi connectivity index (χ4n) is 2.23. The summed E-state index contributed by atoms with van der Waals surface area (Å²) in [5, 5.41) is 0. The van der Waals surface area contributed by atoms with E-state index in [4.69, 9.17) is 24.7 Å². The predicted molar refractivity (Wildman–Crippen MR) is 84.6 cm³/mol. The van der Waals surface area contributed by atoms with Gasteiger partial charge in [0.15, 0.2) is 23.9 Å². The van der Waals surface area contributed by atoms with Crippen LogP contribution >= 0.6 is 0 Å². The third kappa shape index (κ3) is 3.10. The minimum absolute atomic E-state index is 0.126. The Morgan fingerprint density at radius 3 is 2.58 bits per heavy atom. The van der Waals surface area contributed by atoms with Gasteiger partial charge in [0.05, 0.1) is 18.4 Å². The average molecular weight is 329 g/mol. The number of esters is 1. The molecule has 1 aliphatic heterocycles. The molecular formula is C17H15NO6. The number of nitrogen functional groups attached to an aromatic ring is 1. The van der Waals surface area contributed by atoms with Gasteiger partial charge in [0.25, 0.3) is 0 Å². The van der Waals surface area contributed by atoms with Crippen molar-refractivity contribution in [3.8, 4) is 17.2 Å². The Hall–Kier alpha value is -3.22. The van der Waals surface area contributed by atoms with Gasteiger partial charge in [-0.3, -0.25) is 4.79 Å². The molecule has 2 N–H and O–H groups in total. The Balaban J connectivity index is 1.63. The van der Waals surface area contributed by atoms with Crippen molar-refractivity contribution in [2.75, 3.05) is 26.2 Å². The molecule has 0 saturated carbocycles. The lowest BCUT2D eigenvalue weighted by Crippen LogP contribution is -2.14. The van der Waals surface area contributed by atoms with Crippen molar-refractivity contribution in [1.82, 2.24) is 0 Å². The van der Waals surface area contributed by atoms with E-state index < -0.39 is 5.97 Å². The lowest BCUT2D eigenvalue weighted by molar-refractivity contribution is 0.0475. The van der Waals surface area contributed by atoms with Crippen LogP contribution in [0.5, 0.6) is 17.2 Å². The molecule has 0 bridgehead atoms. The Kier molecular flexibility index (Phi) is 4.24. The molecule has 2 aromatic carbocycles. The third-order valence-corrected chi connectivity index (χ3v) is 3.49. The maximum atomic E-state index is 12.1. The molecule has 0 atom stereocenters. The lowest BCUT2D eigenvalue weighted by Gasteiger charge is -2.08. The number of Topliss-reactive ketones (excluding diaryl/α,β-unsaturated/α-hetero) is 1. The molecule has 3 rings (SSSR count). The molecule has 0 radical (unpaired) electrons. The zero-order valence-electron chi connectivity index (χ0n) is 12.9. The highest BCUT2D eigenvalue weighted by Crippen LogP contribution is 2.32. The smallest absolute Gasteiger partial charge is 0.338 e. The minimum atomic E-state index is -0.640. The van der Waals surface area contributed by atoms with E-state index in [-0.39, 0.29) is 24.7 Å². The standard InChI is InChI=1S/C17H15NO6/c1-21-14-4-3-11(6-12(14)18)17(20)22-8-13(19)10-2-5-15-16(7-10)24-9-23-15/h2-7H,8-9,18H2,1H3. The fourth-order valence-corrected chi connectivity index (χ4v) is 2.23. The number of benzene rings is 2. The molecule has 1 heterocycles. The maximum Gasteiger partial charge on any atom is 0.338 e. The van der Waals surface area contributed by atoms with Crippen LogP contribution in [0.1, 0.15) is 20.7 Å². The summed E-state index contributed by atoms with van der Waals surface area (Å²) in [6.07, 6.45) is 0. The Morgan fingerprint density at radius 2 is 1.83 bits per heavy atom. The highest BCUT2D eigenvalue weighted by atomic mass is 16.7. The molecule has 0 amide bonds. The van der Waals surface area contributed by atoms with Crippen molar-refractivity contribution in [2.24, 2.45) is 0 Å². The topological polar surface area (TPSA) is 97.1 Å². The number of ether oxygens (including phenoxy) is 4. The van der Waals surface area contributed by atoms with Crippen LogP contribution < -0.4 is 19.9 Å². The van der Waals surface area contributed by atoms with E-state index in [0.717, 1.165) is 0 Å². The van der Waals surface area contributed by atoms with Crippen molar-refractivity contribution < 1.29 is 28.5 Å². The van der Waals surface area contributed by atoms with Crippen LogP contribution in [0, 0.1) is 0 Å². The monoisotopic (exact) mass is 329 g/mol. The molecule has 2 aromatic rings. The van der Waals surface area contributed by atoms with E-state index in [1.165, 1.54) is 19.2 Å². The molecule has 0 spiro atoms. The van der Waals surface area contributed by atoms with Gasteiger partial charge in [-0.25, -0.2) is 4.79 Å². The van der Waals surface area contributed by atoms with Crippen LogP contribution in [0.15, 0.2) is 36.4 Å². The normalized spacial score (nSPS) is 11.9. The lowest BCUT2D eigenvalue weighted by atomic mass is 10.1. The number of anilines is 1. The van der Waals surface area contributed by atoms with Crippen molar-refractivity contribution in [3.05, 3.63) is 47.5 Å². The summed E-state index contributed by atoms with van der Waals surface area (Å²) in [7, 11) is 1.48. The van der Waals surface area contributed by atoms with Crippen LogP contribution in [-0.2, 0) is 4.74 Å². The van der Waals surface area contributed by atoms with E-state index in [9.17, 15) is 9.59 Å². The first kappa shape index (κ1) is 15.7. The first-order valence-corrected chi connectivity index (χ1v) is 7.12. The van der Waals surface area contributed by atoms with Gasteiger partial charge in [0, 0.05) is 5.56 Å². The summed E-state index contributed by atoms with van der Waals surface area (Å²) in [6, 6.07) is 9.31. The maximum absolute atomic E-state index is 12.1. The zero-order valence-corrected chi connectivity index (χ0v) is 12.9. The van der Waals surface area contributed by atoms with Gasteiger partial charge in [-0.2, -0.15) is 0 Å². The Bertz CT molecular complexity index is 802. The number of methoxy groups -OCH3 is 1. The molecule has 0 fully saturated rings. The van der Waals surface area contributed by atoms with Crippen LogP contribution in [0.25, 0.3) is 0 Å². The largest absolute Gasteiger partial charge is 0.495 e. The van der Waals surface area contributed by atoms with Gasteiger partial charge in [-0.05, 0) is 36.4 Å². The molecule has 7 nitrogen and oxygen atoms in total. The van der Waals surface area contributed by atoms with Crippen molar-refractivity contribution >= 4 is 17.4 Å². The molecule has 1 aliphatic rings. The average Bonchev–Trinajstić information content (AvgIpc) is 3.06. The van der Waals surface area contributed by atoms with Gasteiger partial charge in [0.1, 0.15) is 5.75 Å². The van der Waals surface area contributed by atoms with Crippen LogP contribution in [0.4, 0.5) is 5.69 Å². The van der Waals surface area contributed by atoms with Gasteiger partial charge in [-0.15, -0.1) is 0 Å². The van der Waals surface area contributed by atoms with Crippen molar-refractivity contribution in [3.63, 3.8) is 0 Å². The summed E-state index contributed by atoms with van der Waals surface area (Å²) in [4.78, 5) is 24.1. The van der Waals surface area contributed by atoms with Crippen LogP contribution in [0.2, 0.25) is 0 Å². The molecule has 0 aromatic heterocycles. The molecular weight excluding hydrogens is 314 g/mol. The van der Waals surface area contributed by atoms with Gasteiger partial charge >= 0.3 is 5.97 Å². The first-order valence-electron chi connectivity index (χ1n) is 7.12. The Labute approximate surface area is 137 Å². The number of ketones is 1.